The highest BCUT2D eigenvalue weighted by Crippen LogP contribution is 2.33. The molecular weight excluding hydrogens is 332 g/mol. The monoisotopic (exact) mass is 340 g/mol. The first-order valence-electron chi connectivity index (χ1n) is 5.80. The molecule has 0 saturated carbocycles. The molecule has 0 saturated heterocycles. The van der Waals surface area contributed by atoms with Gasteiger partial charge >= 0.3 is 0 Å². The van der Waals surface area contributed by atoms with E-state index in [4.69, 9.17) is 11.6 Å². The number of thiazole rings is 1. The summed E-state index contributed by atoms with van der Waals surface area (Å²) in [6.07, 6.45) is 1.47. The molecule has 2 aromatic heterocycles. The summed E-state index contributed by atoms with van der Waals surface area (Å²) < 4.78 is 27.4. The maximum atomic E-state index is 12.8. The third kappa shape index (κ3) is 2.35. The Balaban J connectivity index is 2.21. The molecule has 0 aliphatic heterocycles. The number of sulfonamides is 1. The van der Waals surface area contributed by atoms with Gasteiger partial charge in [0.05, 0.1) is 15.2 Å². The SMILES string of the molecule is CN(c1cccnn1)S(=O)(=O)c1c(Cl)ccc2scnc12. The van der Waals surface area contributed by atoms with Crippen molar-refractivity contribution in [3.05, 3.63) is 41.0 Å². The summed E-state index contributed by atoms with van der Waals surface area (Å²) >= 11 is 7.45. The molecule has 0 unspecified atom stereocenters. The Morgan fingerprint density at radius 1 is 1.29 bits per heavy atom. The molecule has 0 aliphatic carbocycles. The average molecular weight is 341 g/mol. The van der Waals surface area contributed by atoms with Crippen LogP contribution in [0.5, 0.6) is 0 Å². The quantitative estimate of drug-likeness (QED) is 0.732. The number of anilines is 1. The molecule has 6 nitrogen and oxygen atoms in total. The summed E-state index contributed by atoms with van der Waals surface area (Å²) in [4.78, 5) is 4.10. The Morgan fingerprint density at radius 3 is 2.81 bits per heavy atom. The Morgan fingerprint density at radius 2 is 2.10 bits per heavy atom. The number of rotatable bonds is 3. The van der Waals surface area contributed by atoms with Crippen molar-refractivity contribution >= 4 is 49.0 Å². The van der Waals surface area contributed by atoms with Gasteiger partial charge in [0.2, 0.25) is 0 Å². The molecule has 9 heteroatoms. The van der Waals surface area contributed by atoms with Gasteiger partial charge in [0.1, 0.15) is 10.4 Å². The fraction of sp³-hybridized carbons (Fsp3) is 0.0833. The molecule has 0 atom stereocenters. The van der Waals surface area contributed by atoms with Crippen LogP contribution in [0.15, 0.2) is 40.9 Å². The smallest absolute Gasteiger partial charge is 0.251 e. The second kappa shape index (κ2) is 5.21. The average Bonchev–Trinajstić information content (AvgIpc) is 2.95. The van der Waals surface area contributed by atoms with Gasteiger partial charge in [-0.15, -0.1) is 16.4 Å². The highest BCUT2D eigenvalue weighted by Gasteiger charge is 2.28. The number of hydrogen-bond acceptors (Lipinski definition) is 6. The van der Waals surface area contributed by atoms with E-state index in [0.717, 1.165) is 9.01 Å². The minimum atomic E-state index is -3.88. The third-order valence-corrected chi connectivity index (χ3v) is 5.97. The van der Waals surface area contributed by atoms with E-state index in [9.17, 15) is 8.42 Å². The van der Waals surface area contributed by atoms with E-state index in [-0.39, 0.29) is 15.7 Å². The molecule has 1 aromatic carbocycles. The lowest BCUT2D eigenvalue weighted by atomic mass is 10.3. The molecule has 3 rings (SSSR count). The van der Waals surface area contributed by atoms with Crippen molar-refractivity contribution < 1.29 is 8.42 Å². The Hall–Kier alpha value is -1.77. The van der Waals surface area contributed by atoms with Gasteiger partial charge in [0.15, 0.2) is 5.82 Å². The zero-order chi connectivity index (χ0) is 15.0. The van der Waals surface area contributed by atoms with Gasteiger partial charge in [0, 0.05) is 13.2 Å². The van der Waals surface area contributed by atoms with Gasteiger partial charge in [0.25, 0.3) is 10.0 Å². The van der Waals surface area contributed by atoms with Crippen molar-refractivity contribution in [2.45, 2.75) is 4.90 Å². The van der Waals surface area contributed by atoms with Crippen molar-refractivity contribution in [2.75, 3.05) is 11.4 Å². The van der Waals surface area contributed by atoms with Crippen molar-refractivity contribution in [2.24, 2.45) is 0 Å². The molecule has 108 valence electrons. The number of nitrogens with zero attached hydrogens (tertiary/aromatic N) is 4. The first-order valence-corrected chi connectivity index (χ1v) is 8.50. The van der Waals surface area contributed by atoms with Crippen LogP contribution in [-0.4, -0.2) is 30.6 Å². The molecule has 0 amide bonds. The van der Waals surface area contributed by atoms with Crippen molar-refractivity contribution in [1.29, 1.82) is 0 Å². The van der Waals surface area contributed by atoms with Gasteiger partial charge in [-0.05, 0) is 24.3 Å². The van der Waals surface area contributed by atoms with Crippen molar-refractivity contribution in [3.63, 3.8) is 0 Å². The van der Waals surface area contributed by atoms with Crippen LogP contribution in [0.25, 0.3) is 10.2 Å². The Bertz CT molecular complexity index is 896. The lowest BCUT2D eigenvalue weighted by Crippen LogP contribution is -2.28. The fourth-order valence-corrected chi connectivity index (χ4v) is 4.38. The van der Waals surface area contributed by atoms with Gasteiger partial charge in [-0.25, -0.2) is 13.4 Å². The lowest BCUT2D eigenvalue weighted by molar-refractivity contribution is 0.594. The van der Waals surface area contributed by atoms with E-state index in [0.29, 0.717) is 5.52 Å². The van der Waals surface area contributed by atoms with Gasteiger partial charge in [-0.3, -0.25) is 4.31 Å². The minimum absolute atomic E-state index is 0.0175. The predicted octanol–water partition coefficient (Wildman–Crippen LogP) is 2.56. The lowest BCUT2D eigenvalue weighted by Gasteiger charge is -2.18. The topological polar surface area (TPSA) is 76.1 Å². The van der Waals surface area contributed by atoms with Crippen LogP contribution in [0.3, 0.4) is 0 Å². The molecule has 3 aromatic rings. The van der Waals surface area contributed by atoms with E-state index in [1.807, 2.05) is 0 Å². The molecule has 2 heterocycles. The van der Waals surface area contributed by atoms with E-state index in [1.165, 1.54) is 24.6 Å². The predicted molar refractivity (Wildman–Crippen MR) is 82.3 cm³/mol. The number of benzene rings is 1. The second-order valence-corrected chi connectivity index (χ2v) is 7.33. The van der Waals surface area contributed by atoms with Crippen LogP contribution in [0.1, 0.15) is 0 Å². The molecule has 0 fully saturated rings. The number of fused-ring (bicyclic) bond motifs is 1. The second-order valence-electron chi connectivity index (χ2n) is 4.13. The number of hydrogen-bond donors (Lipinski definition) is 0. The zero-order valence-corrected chi connectivity index (χ0v) is 13.2. The summed E-state index contributed by atoms with van der Waals surface area (Å²) in [7, 11) is -2.47. The minimum Gasteiger partial charge on any atom is -0.251 e. The molecule has 0 spiro atoms. The molecule has 21 heavy (non-hydrogen) atoms. The highest BCUT2D eigenvalue weighted by molar-refractivity contribution is 7.93. The summed E-state index contributed by atoms with van der Waals surface area (Å²) in [5, 5.41) is 7.62. The summed E-state index contributed by atoms with van der Waals surface area (Å²) in [6.45, 7) is 0. The van der Waals surface area contributed by atoms with Gasteiger partial charge < -0.3 is 0 Å². The normalized spacial score (nSPS) is 11.7. The number of aromatic nitrogens is 3. The largest absolute Gasteiger partial charge is 0.268 e. The van der Waals surface area contributed by atoms with Crippen molar-refractivity contribution in [1.82, 2.24) is 15.2 Å². The highest BCUT2D eigenvalue weighted by atomic mass is 35.5. The first kappa shape index (κ1) is 14.2. The molecule has 0 bridgehead atoms. The first-order chi connectivity index (χ1) is 10.0. The Kier molecular flexibility index (Phi) is 3.52. The van der Waals surface area contributed by atoms with E-state index < -0.39 is 10.0 Å². The summed E-state index contributed by atoms with van der Waals surface area (Å²) in [5.41, 5.74) is 1.95. The van der Waals surface area contributed by atoms with Crippen LogP contribution < -0.4 is 4.31 Å². The van der Waals surface area contributed by atoms with Crippen LogP contribution in [0, 0.1) is 0 Å². The maximum absolute atomic E-state index is 12.8. The van der Waals surface area contributed by atoms with Crippen molar-refractivity contribution in [3.8, 4) is 0 Å². The molecular formula is C12H9ClN4O2S2. The third-order valence-electron chi connectivity index (χ3n) is 2.91. The van der Waals surface area contributed by atoms with Crippen LogP contribution >= 0.6 is 22.9 Å². The van der Waals surface area contributed by atoms with Crippen LogP contribution in [0.4, 0.5) is 5.82 Å². The Labute approximate surface area is 130 Å². The molecule has 0 aliphatic rings. The van der Waals surface area contributed by atoms with Crippen LogP contribution in [-0.2, 0) is 10.0 Å². The fourth-order valence-electron chi connectivity index (χ4n) is 1.85. The van der Waals surface area contributed by atoms with Gasteiger partial charge in [-0.1, -0.05) is 11.6 Å². The van der Waals surface area contributed by atoms with Crippen LogP contribution in [0.2, 0.25) is 5.02 Å². The number of halogens is 1. The molecule has 0 radical (unpaired) electrons. The van der Waals surface area contributed by atoms with E-state index in [2.05, 4.69) is 15.2 Å². The van der Waals surface area contributed by atoms with E-state index >= 15 is 0 Å². The summed E-state index contributed by atoms with van der Waals surface area (Å²) in [6, 6.07) is 6.47. The summed E-state index contributed by atoms with van der Waals surface area (Å²) in [5.74, 6) is 0.209. The molecule has 0 N–H and O–H groups in total. The zero-order valence-electron chi connectivity index (χ0n) is 10.8. The maximum Gasteiger partial charge on any atom is 0.268 e. The standard InChI is InChI=1S/C12H9ClN4O2S2/c1-17(10-3-2-6-15-16-10)21(18,19)12-8(13)4-5-9-11(12)14-7-20-9/h2-7H,1H3. The van der Waals surface area contributed by atoms with Gasteiger partial charge in [-0.2, -0.15) is 5.10 Å². The van der Waals surface area contributed by atoms with E-state index in [1.54, 1.807) is 29.8 Å².